The molecule has 1 aromatic heterocycles. The van der Waals surface area contributed by atoms with E-state index in [1.165, 1.54) is 26.4 Å². The minimum atomic E-state index is -0.450. The molecule has 1 aliphatic rings. The number of anilines is 1. The minimum absolute atomic E-state index is 0.249. The second-order valence-corrected chi connectivity index (χ2v) is 4.80. The lowest BCUT2D eigenvalue weighted by Crippen LogP contribution is -2.44. The van der Waals surface area contributed by atoms with E-state index in [-0.39, 0.29) is 5.69 Å². The Morgan fingerprint density at radius 1 is 1.28 bits per heavy atom. The zero-order chi connectivity index (χ0) is 13.1. The number of carbonyl (C=O) groups is 1. The average molecular weight is 249 g/mol. The van der Waals surface area contributed by atoms with E-state index in [1.54, 1.807) is 6.07 Å². The van der Waals surface area contributed by atoms with Crippen molar-refractivity contribution in [1.29, 1.82) is 0 Å². The molecule has 1 saturated heterocycles. The van der Waals surface area contributed by atoms with Crippen LogP contribution in [0.25, 0.3) is 0 Å². The summed E-state index contributed by atoms with van der Waals surface area (Å²) in [5, 5.41) is 8.07. The summed E-state index contributed by atoms with van der Waals surface area (Å²) in [6, 6.07) is 4.44. The molecule has 0 N–H and O–H groups in total. The third-order valence-electron chi connectivity index (χ3n) is 3.50. The number of hydrogen-bond donors (Lipinski definition) is 0. The molecule has 1 fully saturated rings. The third-order valence-corrected chi connectivity index (χ3v) is 3.50. The Morgan fingerprint density at radius 3 is 2.44 bits per heavy atom. The maximum Gasteiger partial charge on any atom is 0.358 e. The van der Waals surface area contributed by atoms with Crippen molar-refractivity contribution < 1.29 is 9.53 Å². The molecule has 0 radical (unpaired) electrons. The van der Waals surface area contributed by atoms with Gasteiger partial charge in [-0.25, -0.2) is 4.79 Å². The van der Waals surface area contributed by atoms with Crippen molar-refractivity contribution in [3.63, 3.8) is 0 Å². The number of piperidine rings is 1. The predicted molar refractivity (Wildman–Crippen MR) is 68.6 cm³/mol. The van der Waals surface area contributed by atoms with Crippen LogP contribution in [0.15, 0.2) is 12.1 Å². The van der Waals surface area contributed by atoms with Crippen molar-refractivity contribution in [2.24, 2.45) is 0 Å². The first-order chi connectivity index (χ1) is 8.63. The van der Waals surface area contributed by atoms with Gasteiger partial charge in [-0.3, -0.25) is 0 Å². The highest BCUT2D eigenvalue weighted by atomic mass is 16.5. The summed E-state index contributed by atoms with van der Waals surface area (Å²) in [4.78, 5) is 13.6. The molecule has 0 unspecified atom stereocenters. The number of rotatable bonds is 2. The Bertz CT molecular complexity index is 409. The van der Waals surface area contributed by atoms with Gasteiger partial charge in [0.2, 0.25) is 0 Å². The van der Waals surface area contributed by atoms with Crippen LogP contribution in [0.4, 0.5) is 5.82 Å². The van der Waals surface area contributed by atoms with Crippen molar-refractivity contribution in [3.05, 3.63) is 17.8 Å². The lowest BCUT2D eigenvalue weighted by Gasteiger charge is -2.39. The van der Waals surface area contributed by atoms with Gasteiger partial charge in [-0.1, -0.05) is 0 Å². The molecule has 0 aromatic carbocycles. The Kier molecular flexibility index (Phi) is 3.79. The quantitative estimate of drug-likeness (QED) is 0.751. The molecule has 2 rings (SSSR count). The Balaban J connectivity index is 2.20. The van der Waals surface area contributed by atoms with Gasteiger partial charge in [-0.05, 0) is 45.2 Å². The molecule has 1 aliphatic heterocycles. The van der Waals surface area contributed by atoms with E-state index in [1.807, 2.05) is 6.07 Å². The summed E-state index contributed by atoms with van der Waals surface area (Å²) < 4.78 is 4.61. The number of hydrogen-bond acceptors (Lipinski definition) is 5. The minimum Gasteiger partial charge on any atom is -0.464 e. The number of aromatic nitrogens is 2. The molecular weight excluding hydrogens is 230 g/mol. The van der Waals surface area contributed by atoms with Crippen LogP contribution in [0.1, 0.15) is 43.6 Å². The topological polar surface area (TPSA) is 55.3 Å². The highest BCUT2D eigenvalue weighted by Crippen LogP contribution is 2.27. The summed E-state index contributed by atoms with van der Waals surface area (Å²) in [7, 11) is 1.34. The normalized spacial score (nSPS) is 23.8. The van der Waals surface area contributed by atoms with Crippen LogP contribution in [0.5, 0.6) is 0 Å². The summed E-state index contributed by atoms with van der Waals surface area (Å²) >= 11 is 0. The van der Waals surface area contributed by atoms with Crippen LogP contribution in [0, 0.1) is 0 Å². The summed E-state index contributed by atoms with van der Waals surface area (Å²) in [6.07, 6.45) is 3.60. The molecule has 18 heavy (non-hydrogen) atoms. The SMILES string of the molecule is COC(=O)c1ccc(N2[C@H](C)CCC[C@H]2C)nn1. The van der Waals surface area contributed by atoms with Crippen molar-refractivity contribution >= 4 is 11.8 Å². The van der Waals surface area contributed by atoms with Gasteiger partial charge in [0.05, 0.1) is 7.11 Å². The van der Waals surface area contributed by atoms with Crippen LogP contribution < -0.4 is 4.90 Å². The summed E-state index contributed by atoms with van der Waals surface area (Å²) in [6.45, 7) is 4.40. The molecule has 0 bridgehead atoms. The van der Waals surface area contributed by atoms with Crippen molar-refractivity contribution in [3.8, 4) is 0 Å². The molecule has 0 saturated carbocycles. The van der Waals surface area contributed by atoms with Crippen LogP contribution in [0.3, 0.4) is 0 Å². The van der Waals surface area contributed by atoms with E-state index in [4.69, 9.17) is 0 Å². The zero-order valence-corrected chi connectivity index (χ0v) is 11.1. The number of ether oxygens (including phenoxy) is 1. The van der Waals surface area contributed by atoms with Crippen LogP contribution in [-0.2, 0) is 4.74 Å². The maximum absolute atomic E-state index is 11.3. The third kappa shape index (κ3) is 2.44. The second kappa shape index (κ2) is 5.33. The van der Waals surface area contributed by atoms with Crippen molar-refractivity contribution in [1.82, 2.24) is 10.2 Å². The molecule has 2 atom stereocenters. The van der Waals surface area contributed by atoms with Crippen LogP contribution in [0.2, 0.25) is 0 Å². The predicted octanol–water partition coefficient (Wildman–Crippen LogP) is 2.03. The van der Waals surface area contributed by atoms with Crippen LogP contribution in [-0.4, -0.2) is 35.4 Å². The molecule has 98 valence electrons. The monoisotopic (exact) mass is 249 g/mol. The second-order valence-electron chi connectivity index (χ2n) is 4.80. The van der Waals surface area contributed by atoms with Gasteiger partial charge in [-0.2, -0.15) is 0 Å². The highest BCUT2D eigenvalue weighted by molar-refractivity contribution is 5.86. The standard InChI is InChI=1S/C13H19N3O2/c1-9-5-4-6-10(2)16(9)12-8-7-11(14-15-12)13(17)18-3/h7-10H,4-6H2,1-3H3/t9-,10-/m1/s1. The molecule has 0 aliphatic carbocycles. The molecule has 1 aromatic rings. The maximum atomic E-state index is 11.3. The molecule has 5 heteroatoms. The van der Waals surface area contributed by atoms with Gasteiger partial charge in [0.15, 0.2) is 11.5 Å². The van der Waals surface area contributed by atoms with E-state index in [2.05, 4.69) is 33.7 Å². The molecule has 2 heterocycles. The number of carbonyl (C=O) groups excluding carboxylic acids is 1. The molecule has 5 nitrogen and oxygen atoms in total. The average Bonchev–Trinajstić information content (AvgIpc) is 2.38. The first-order valence-electron chi connectivity index (χ1n) is 6.34. The van der Waals surface area contributed by atoms with Gasteiger partial charge in [0.25, 0.3) is 0 Å². The van der Waals surface area contributed by atoms with E-state index in [9.17, 15) is 4.79 Å². The van der Waals surface area contributed by atoms with Gasteiger partial charge in [0.1, 0.15) is 0 Å². The summed E-state index contributed by atoms with van der Waals surface area (Å²) in [5.74, 6) is 0.385. The Labute approximate surface area is 107 Å². The number of esters is 1. The fourth-order valence-electron chi connectivity index (χ4n) is 2.55. The van der Waals surface area contributed by atoms with E-state index >= 15 is 0 Å². The largest absolute Gasteiger partial charge is 0.464 e. The van der Waals surface area contributed by atoms with Gasteiger partial charge in [0, 0.05) is 12.1 Å². The number of methoxy groups -OCH3 is 1. The number of nitrogens with zero attached hydrogens (tertiary/aromatic N) is 3. The lowest BCUT2D eigenvalue weighted by molar-refractivity contribution is 0.0592. The van der Waals surface area contributed by atoms with Gasteiger partial charge < -0.3 is 9.64 Å². The first kappa shape index (κ1) is 12.8. The molecule has 0 amide bonds. The highest BCUT2D eigenvalue weighted by Gasteiger charge is 2.26. The van der Waals surface area contributed by atoms with Crippen molar-refractivity contribution in [2.45, 2.75) is 45.2 Å². The lowest BCUT2D eigenvalue weighted by atomic mass is 9.97. The molecular formula is C13H19N3O2. The van der Waals surface area contributed by atoms with E-state index in [0.717, 1.165) is 5.82 Å². The van der Waals surface area contributed by atoms with Crippen molar-refractivity contribution in [2.75, 3.05) is 12.0 Å². The van der Waals surface area contributed by atoms with Gasteiger partial charge in [-0.15, -0.1) is 10.2 Å². The van der Waals surface area contributed by atoms with E-state index < -0.39 is 5.97 Å². The van der Waals surface area contributed by atoms with Crippen LogP contribution >= 0.6 is 0 Å². The van der Waals surface area contributed by atoms with Gasteiger partial charge >= 0.3 is 5.97 Å². The Hall–Kier alpha value is -1.65. The Morgan fingerprint density at radius 2 is 1.94 bits per heavy atom. The smallest absolute Gasteiger partial charge is 0.358 e. The first-order valence-corrected chi connectivity index (χ1v) is 6.34. The fourth-order valence-corrected chi connectivity index (χ4v) is 2.55. The molecule has 0 spiro atoms. The van der Waals surface area contributed by atoms with E-state index in [0.29, 0.717) is 12.1 Å². The fraction of sp³-hybridized carbons (Fsp3) is 0.615. The summed E-state index contributed by atoms with van der Waals surface area (Å²) in [5.41, 5.74) is 0.249. The zero-order valence-electron chi connectivity index (χ0n) is 11.1.